The molecule has 0 saturated heterocycles. The molecule has 4 nitrogen and oxygen atoms in total. The van der Waals surface area contributed by atoms with Gasteiger partial charge in [0.15, 0.2) is 0 Å². The summed E-state index contributed by atoms with van der Waals surface area (Å²) in [6, 6.07) is 12.9. The van der Waals surface area contributed by atoms with Gasteiger partial charge in [0.2, 0.25) is 0 Å². The number of ketones is 1. The third-order valence-corrected chi connectivity index (χ3v) is 4.08. The Morgan fingerprint density at radius 2 is 1.62 bits per heavy atom. The van der Waals surface area contributed by atoms with Crippen LogP contribution in [0.2, 0.25) is 0 Å². The number of aryl methyl sites for hydroxylation is 1. The van der Waals surface area contributed by atoms with E-state index in [1.54, 1.807) is 42.7 Å². The minimum atomic E-state index is -0.842. The third-order valence-electron chi connectivity index (χ3n) is 4.08. The molecular formula is C20H16F2N2O2. The number of carbonyl (C=O) groups is 2. The molecule has 0 radical (unpaired) electrons. The topological polar surface area (TPSA) is 51.1 Å². The molecule has 0 spiro atoms. The van der Waals surface area contributed by atoms with Crippen LogP contribution < -0.4 is 5.32 Å². The van der Waals surface area contributed by atoms with E-state index < -0.39 is 23.3 Å². The first-order chi connectivity index (χ1) is 12.4. The first-order valence-corrected chi connectivity index (χ1v) is 7.93. The summed E-state index contributed by atoms with van der Waals surface area (Å²) in [4.78, 5) is 24.8. The van der Waals surface area contributed by atoms with Crippen molar-refractivity contribution in [2.45, 2.75) is 13.8 Å². The molecule has 0 atom stereocenters. The van der Waals surface area contributed by atoms with Crippen LogP contribution in [0, 0.1) is 25.5 Å². The highest BCUT2D eigenvalue weighted by atomic mass is 19.1. The minimum absolute atomic E-state index is 0.186. The zero-order valence-corrected chi connectivity index (χ0v) is 14.2. The zero-order chi connectivity index (χ0) is 18.8. The van der Waals surface area contributed by atoms with Gasteiger partial charge in [-0.3, -0.25) is 9.59 Å². The van der Waals surface area contributed by atoms with E-state index in [1.807, 2.05) is 0 Å². The average Bonchev–Trinajstić information content (AvgIpc) is 2.91. The molecule has 1 aromatic heterocycles. The van der Waals surface area contributed by atoms with Gasteiger partial charge in [0, 0.05) is 22.6 Å². The van der Waals surface area contributed by atoms with Crippen LogP contribution in [-0.4, -0.2) is 16.3 Å². The van der Waals surface area contributed by atoms with Gasteiger partial charge < -0.3 is 9.88 Å². The van der Waals surface area contributed by atoms with Crippen LogP contribution in [0.15, 0.2) is 54.6 Å². The molecule has 1 heterocycles. The van der Waals surface area contributed by atoms with Crippen LogP contribution in [0.3, 0.4) is 0 Å². The summed E-state index contributed by atoms with van der Waals surface area (Å²) in [6.45, 7) is 3.38. The average molecular weight is 354 g/mol. The number of carbonyl (C=O) groups excluding carboxylic acids is 2. The third kappa shape index (κ3) is 3.26. The number of amides is 1. The maximum Gasteiger partial charge on any atom is 0.296 e. The Hall–Kier alpha value is -3.28. The highest BCUT2D eigenvalue weighted by Gasteiger charge is 2.23. The lowest BCUT2D eigenvalue weighted by Gasteiger charge is -2.10. The van der Waals surface area contributed by atoms with E-state index in [1.165, 1.54) is 30.3 Å². The molecule has 0 aliphatic carbocycles. The number of halogens is 2. The smallest absolute Gasteiger partial charge is 0.296 e. The monoisotopic (exact) mass is 354 g/mol. The van der Waals surface area contributed by atoms with Crippen molar-refractivity contribution in [3.8, 4) is 5.69 Å². The van der Waals surface area contributed by atoms with Crippen LogP contribution in [0.5, 0.6) is 0 Å². The van der Waals surface area contributed by atoms with E-state index in [-0.39, 0.29) is 5.56 Å². The van der Waals surface area contributed by atoms with E-state index in [0.29, 0.717) is 22.8 Å². The lowest BCUT2D eigenvalue weighted by Crippen LogP contribution is -2.23. The summed E-state index contributed by atoms with van der Waals surface area (Å²) in [5.41, 5.74) is 1.90. The maximum atomic E-state index is 14.1. The van der Waals surface area contributed by atoms with Crippen molar-refractivity contribution in [1.29, 1.82) is 0 Å². The largest absolute Gasteiger partial charge is 0.319 e. The van der Waals surface area contributed by atoms with Gasteiger partial charge in [-0.2, -0.15) is 0 Å². The first kappa shape index (κ1) is 17.5. The lowest BCUT2D eigenvalue weighted by atomic mass is 10.1. The van der Waals surface area contributed by atoms with E-state index in [4.69, 9.17) is 0 Å². The van der Waals surface area contributed by atoms with E-state index in [2.05, 4.69) is 5.32 Å². The summed E-state index contributed by atoms with van der Waals surface area (Å²) in [6.07, 6.45) is 0. The van der Waals surface area contributed by atoms with E-state index >= 15 is 0 Å². The predicted molar refractivity (Wildman–Crippen MR) is 94.6 cm³/mol. The van der Waals surface area contributed by atoms with Gasteiger partial charge in [-0.05, 0) is 56.3 Å². The number of nitrogens with one attached hydrogen (secondary N) is 1. The van der Waals surface area contributed by atoms with Gasteiger partial charge in [-0.15, -0.1) is 0 Å². The molecule has 26 heavy (non-hydrogen) atoms. The maximum absolute atomic E-state index is 14.1. The number of para-hydroxylation sites is 1. The quantitative estimate of drug-likeness (QED) is 0.564. The Morgan fingerprint density at radius 1 is 0.962 bits per heavy atom. The number of benzene rings is 2. The zero-order valence-electron chi connectivity index (χ0n) is 14.2. The molecule has 2 aromatic carbocycles. The summed E-state index contributed by atoms with van der Waals surface area (Å²) in [5, 5.41) is 2.44. The van der Waals surface area contributed by atoms with Crippen molar-refractivity contribution in [3.63, 3.8) is 0 Å². The normalized spacial score (nSPS) is 10.6. The number of rotatable bonds is 4. The summed E-state index contributed by atoms with van der Waals surface area (Å²) in [7, 11) is 0. The molecule has 1 amide bonds. The second-order valence-corrected chi connectivity index (χ2v) is 5.86. The number of aromatic nitrogens is 1. The predicted octanol–water partition coefficient (Wildman–Crippen LogP) is 4.19. The van der Waals surface area contributed by atoms with Crippen LogP contribution in [-0.2, 0) is 4.79 Å². The van der Waals surface area contributed by atoms with Gasteiger partial charge >= 0.3 is 0 Å². The molecule has 0 fully saturated rings. The fourth-order valence-electron chi connectivity index (χ4n) is 2.84. The Bertz CT molecular complexity index is 992. The second-order valence-electron chi connectivity index (χ2n) is 5.86. The minimum Gasteiger partial charge on any atom is -0.319 e. The molecule has 132 valence electrons. The summed E-state index contributed by atoms with van der Waals surface area (Å²) >= 11 is 0. The van der Waals surface area contributed by atoms with Crippen LogP contribution in [0.1, 0.15) is 21.7 Å². The number of hydrogen-bond donors (Lipinski definition) is 1. The Balaban J connectivity index is 1.91. The Kier molecular flexibility index (Phi) is 4.67. The van der Waals surface area contributed by atoms with Gasteiger partial charge in [0.05, 0.1) is 5.69 Å². The van der Waals surface area contributed by atoms with Crippen molar-refractivity contribution >= 4 is 17.4 Å². The summed E-state index contributed by atoms with van der Waals surface area (Å²) < 4.78 is 28.6. The van der Waals surface area contributed by atoms with Gasteiger partial charge in [0.25, 0.3) is 11.7 Å². The molecule has 0 unspecified atom stereocenters. The van der Waals surface area contributed by atoms with Crippen molar-refractivity contribution in [2.24, 2.45) is 0 Å². The number of hydrogen-bond acceptors (Lipinski definition) is 2. The van der Waals surface area contributed by atoms with E-state index in [9.17, 15) is 18.4 Å². The second kappa shape index (κ2) is 6.92. The number of anilines is 1. The van der Waals surface area contributed by atoms with Crippen LogP contribution in [0.4, 0.5) is 14.5 Å². The molecule has 3 rings (SSSR count). The molecule has 3 aromatic rings. The fraction of sp³-hybridized carbons (Fsp3) is 0.100. The molecule has 1 N–H and O–H groups in total. The molecule has 0 aliphatic heterocycles. The SMILES string of the molecule is Cc1cc(C(=O)C(=O)Nc2ccc(F)cc2)c(C)n1-c1ccccc1F. The van der Waals surface area contributed by atoms with Crippen molar-refractivity contribution in [1.82, 2.24) is 4.57 Å². The van der Waals surface area contributed by atoms with Crippen LogP contribution in [0.25, 0.3) is 5.69 Å². The highest BCUT2D eigenvalue weighted by molar-refractivity contribution is 6.46. The molecular weight excluding hydrogens is 338 g/mol. The Labute approximate surface area is 149 Å². The lowest BCUT2D eigenvalue weighted by molar-refractivity contribution is -0.112. The molecule has 0 bridgehead atoms. The number of Topliss-reactive ketones (excluding diaryl/α,β-unsaturated/α-hetero) is 1. The van der Waals surface area contributed by atoms with E-state index in [0.717, 1.165) is 0 Å². The highest BCUT2D eigenvalue weighted by Crippen LogP contribution is 2.23. The van der Waals surface area contributed by atoms with Crippen LogP contribution >= 0.6 is 0 Å². The van der Waals surface area contributed by atoms with Crippen molar-refractivity contribution in [3.05, 3.63) is 83.2 Å². The molecule has 6 heteroatoms. The number of nitrogens with zero attached hydrogens (tertiary/aromatic N) is 1. The van der Waals surface area contributed by atoms with Crippen molar-refractivity contribution < 1.29 is 18.4 Å². The first-order valence-electron chi connectivity index (χ1n) is 7.93. The molecule has 0 saturated carbocycles. The van der Waals surface area contributed by atoms with Gasteiger partial charge in [-0.1, -0.05) is 12.1 Å². The fourth-order valence-corrected chi connectivity index (χ4v) is 2.84. The van der Waals surface area contributed by atoms with Gasteiger partial charge in [0.1, 0.15) is 11.6 Å². The summed E-state index contributed by atoms with van der Waals surface area (Å²) in [5.74, 6) is -2.46. The standard InChI is InChI=1S/C20H16F2N2O2/c1-12-11-16(13(2)24(12)18-6-4-3-5-17(18)22)19(25)20(26)23-15-9-7-14(21)8-10-15/h3-11H,1-2H3,(H,23,26). The van der Waals surface area contributed by atoms with Gasteiger partial charge in [-0.25, -0.2) is 8.78 Å². The van der Waals surface area contributed by atoms with Crippen molar-refractivity contribution in [2.75, 3.05) is 5.32 Å². The molecule has 0 aliphatic rings. The Morgan fingerprint density at radius 3 is 2.27 bits per heavy atom.